The fourth-order valence-corrected chi connectivity index (χ4v) is 0.967. The standard InChI is InChI=1S/C10H18F3NO/c1-15-9-8-14-7-5-3-2-4-6-10(11,12)13/h2-3,14H,4-9H2,1H3. The molecule has 0 atom stereocenters. The Morgan fingerprint density at radius 3 is 2.40 bits per heavy atom. The summed E-state index contributed by atoms with van der Waals surface area (Å²) in [6.45, 7) is 2.19. The number of hydrogen-bond acceptors (Lipinski definition) is 2. The van der Waals surface area contributed by atoms with E-state index in [2.05, 4.69) is 5.32 Å². The molecule has 2 nitrogen and oxygen atoms in total. The van der Waals surface area contributed by atoms with Crippen LogP contribution < -0.4 is 5.32 Å². The van der Waals surface area contributed by atoms with Crippen molar-refractivity contribution in [1.29, 1.82) is 0 Å². The van der Waals surface area contributed by atoms with Crippen LogP contribution in [0.15, 0.2) is 12.2 Å². The zero-order chi connectivity index (χ0) is 11.6. The SMILES string of the molecule is COCCNCCC=CCCC(F)(F)F. The van der Waals surface area contributed by atoms with Gasteiger partial charge in [-0.1, -0.05) is 12.2 Å². The summed E-state index contributed by atoms with van der Waals surface area (Å²) >= 11 is 0. The van der Waals surface area contributed by atoms with E-state index in [4.69, 9.17) is 4.74 Å². The van der Waals surface area contributed by atoms with Crippen LogP contribution in [0.4, 0.5) is 13.2 Å². The highest BCUT2D eigenvalue weighted by Crippen LogP contribution is 2.21. The second-order valence-electron chi connectivity index (χ2n) is 3.16. The molecule has 0 aromatic heterocycles. The van der Waals surface area contributed by atoms with E-state index in [1.54, 1.807) is 19.3 Å². The van der Waals surface area contributed by atoms with E-state index in [0.717, 1.165) is 19.5 Å². The second-order valence-corrected chi connectivity index (χ2v) is 3.16. The molecule has 0 unspecified atom stereocenters. The van der Waals surface area contributed by atoms with Crippen LogP contribution >= 0.6 is 0 Å². The maximum absolute atomic E-state index is 11.7. The highest BCUT2D eigenvalue weighted by Gasteiger charge is 2.25. The monoisotopic (exact) mass is 225 g/mol. The normalized spacial score (nSPS) is 12.5. The molecule has 0 radical (unpaired) electrons. The Labute approximate surface area is 88.5 Å². The average molecular weight is 225 g/mol. The summed E-state index contributed by atoms with van der Waals surface area (Å²) in [7, 11) is 1.62. The van der Waals surface area contributed by atoms with Gasteiger partial charge in [0.05, 0.1) is 6.61 Å². The van der Waals surface area contributed by atoms with Crippen LogP contribution in [-0.4, -0.2) is 33.0 Å². The predicted octanol–water partition coefficient (Wildman–Crippen LogP) is 2.51. The average Bonchev–Trinajstić information content (AvgIpc) is 2.14. The van der Waals surface area contributed by atoms with Crippen molar-refractivity contribution < 1.29 is 17.9 Å². The van der Waals surface area contributed by atoms with Crippen LogP contribution in [0.3, 0.4) is 0 Å². The second kappa shape index (κ2) is 8.73. The van der Waals surface area contributed by atoms with Crippen molar-refractivity contribution in [2.24, 2.45) is 0 Å². The smallest absolute Gasteiger partial charge is 0.383 e. The zero-order valence-corrected chi connectivity index (χ0v) is 8.94. The Morgan fingerprint density at radius 2 is 1.80 bits per heavy atom. The van der Waals surface area contributed by atoms with E-state index in [-0.39, 0.29) is 6.42 Å². The van der Waals surface area contributed by atoms with Gasteiger partial charge >= 0.3 is 6.18 Å². The summed E-state index contributed by atoms with van der Waals surface area (Å²) < 4.78 is 39.9. The van der Waals surface area contributed by atoms with Crippen LogP contribution in [-0.2, 0) is 4.74 Å². The van der Waals surface area contributed by atoms with Gasteiger partial charge in [0.1, 0.15) is 0 Å². The maximum Gasteiger partial charge on any atom is 0.389 e. The van der Waals surface area contributed by atoms with Gasteiger partial charge in [0.15, 0.2) is 0 Å². The quantitative estimate of drug-likeness (QED) is 0.506. The number of rotatable bonds is 8. The molecule has 1 N–H and O–H groups in total. The first-order valence-electron chi connectivity index (χ1n) is 4.97. The molecular weight excluding hydrogens is 207 g/mol. The molecule has 5 heteroatoms. The van der Waals surface area contributed by atoms with Gasteiger partial charge in [0, 0.05) is 20.1 Å². The maximum atomic E-state index is 11.7. The summed E-state index contributed by atoms with van der Waals surface area (Å²) in [4.78, 5) is 0. The first-order chi connectivity index (χ1) is 7.06. The van der Waals surface area contributed by atoms with Gasteiger partial charge in [-0.15, -0.1) is 0 Å². The molecule has 0 bridgehead atoms. The molecule has 0 saturated heterocycles. The minimum absolute atomic E-state index is 0.0710. The van der Waals surface area contributed by atoms with Crippen molar-refractivity contribution in [2.45, 2.75) is 25.4 Å². The number of alkyl halides is 3. The van der Waals surface area contributed by atoms with Crippen molar-refractivity contribution in [3.63, 3.8) is 0 Å². The van der Waals surface area contributed by atoms with Crippen molar-refractivity contribution in [3.8, 4) is 0 Å². The molecule has 0 saturated carbocycles. The number of halogens is 3. The fraction of sp³-hybridized carbons (Fsp3) is 0.800. The van der Waals surface area contributed by atoms with Gasteiger partial charge in [0.2, 0.25) is 0 Å². The topological polar surface area (TPSA) is 21.3 Å². The van der Waals surface area contributed by atoms with Crippen molar-refractivity contribution in [3.05, 3.63) is 12.2 Å². The van der Waals surface area contributed by atoms with E-state index in [0.29, 0.717) is 6.61 Å². The third-order valence-corrected chi connectivity index (χ3v) is 1.73. The van der Waals surface area contributed by atoms with E-state index in [1.165, 1.54) is 0 Å². The number of hydrogen-bond donors (Lipinski definition) is 1. The third kappa shape index (κ3) is 13.4. The first kappa shape index (κ1) is 14.5. The van der Waals surface area contributed by atoms with Crippen molar-refractivity contribution in [1.82, 2.24) is 5.32 Å². The van der Waals surface area contributed by atoms with Crippen LogP contribution in [0.5, 0.6) is 0 Å². The number of allylic oxidation sites excluding steroid dienone is 1. The van der Waals surface area contributed by atoms with Gasteiger partial charge in [-0.3, -0.25) is 0 Å². The molecule has 0 amide bonds. The molecular formula is C10H18F3NO. The molecule has 0 spiro atoms. The lowest BCUT2D eigenvalue weighted by Gasteiger charge is -2.02. The lowest BCUT2D eigenvalue weighted by atomic mass is 10.2. The van der Waals surface area contributed by atoms with Crippen molar-refractivity contribution in [2.75, 3.05) is 26.8 Å². The summed E-state index contributed by atoms with van der Waals surface area (Å²) in [6, 6.07) is 0. The summed E-state index contributed by atoms with van der Waals surface area (Å²) in [6.07, 6.45) is -0.609. The van der Waals surface area contributed by atoms with Crippen LogP contribution in [0.1, 0.15) is 19.3 Å². The Kier molecular flexibility index (Phi) is 8.41. The van der Waals surface area contributed by atoms with Gasteiger partial charge in [0.25, 0.3) is 0 Å². The van der Waals surface area contributed by atoms with Gasteiger partial charge in [-0.2, -0.15) is 13.2 Å². The lowest BCUT2D eigenvalue weighted by molar-refractivity contribution is -0.133. The number of ether oxygens (including phenoxy) is 1. The number of methoxy groups -OCH3 is 1. The molecule has 0 rings (SSSR count). The molecule has 0 aromatic rings. The minimum Gasteiger partial charge on any atom is -0.383 e. The number of nitrogens with one attached hydrogen (secondary N) is 1. The van der Waals surface area contributed by atoms with Gasteiger partial charge < -0.3 is 10.1 Å². The minimum atomic E-state index is -4.04. The molecule has 0 aromatic carbocycles. The Balaban J connectivity index is 3.18. The Bertz CT molecular complexity index is 169. The fourth-order valence-electron chi connectivity index (χ4n) is 0.967. The highest BCUT2D eigenvalue weighted by molar-refractivity contribution is 4.82. The Hall–Kier alpha value is -0.550. The van der Waals surface area contributed by atoms with Gasteiger partial charge in [-0.25, -0.2) is 0 Å². The highest BCUT2D eigenvalue weighted by atomic mass is 19.4. The lowest BCUT2D eigenvalue weighted by Crippen LogP contribution is -2.19. The van der Waals surface area contributed by atoms with E-state index in [9.17, 15) is 13.2 Å². The van der Waals surface area contributed by atoms with E-state index in [1.807, 2.05) is 0 Å². The molecule has 0 aliphatic rings. The van der Waals surface area contributed by atoms with Crippen LogP contribution in [0, 0.1) is 0 Å². The van der Waals surface area contributed by atoms with E-state index < -0.39 is 12.6 Å². The molecule has 0 aliphatic carbocycles. The molecule has 0 heterocycles. The van der Waals surface area contributed by atoms with Crippen LogP contribution in [0.2, 0.25) is 0 Å². The van der Waals surface area contributed by atoms with Crippen molar-refractivity contribution >= 4 is 0 Å². The van der Waals surface area contributed by atoms with Gasteiger partial charge in [-0.05, 0) is 19.4 Å². The van der Waals surface area contributed by atoms with Crippen LogP contribution in [0.25, 0.3) is 0 Å². The summed E-state index contributed by atoms with van der Waals surface area (Å²) in [5.74, 6) is 0. The Morgan fingerprint density at radius 1 is 1.13 bits per heavy atom. The molecule has 15 heavy (non-hydrogen) atoms. The third-order valence-electron chi connectivity index (χ3n) is 1.73. The van der Waals surface area contributed by atoms with E-state index >= 15 is 0 Å². The summed E-state index contributed by atoms with van der Waals surface area (Å²) in [5, 5.41) is 3.09. The largest absolute Gasteiger partial charge is 0.389 e. The molecule has 0 aliphatic heterocycles. The molecule has 90 valence electrons. The zero-order valence-electron chi connectivity index (χ0n) is 8.94. The first-order valence-corrected chi connectivity index (χ1v) is 4.97. The molecule has 0 fully saturated rings. The predicted molar refractivity (Wildman–Crippen MR) is 53.8 cm³/mol. The summed E-state index contributed by atoms with van der Waals surface area (Å²) in [5.41, 5.74) is 0.